The van der Waals surface area contributed by atoms with Gasteiger partial charge in [-0.05, 0) is 44.4 Å². The summed E-state index contributed by atoms with van der Waals surface area (Å²) in [5, 5.41) is 4.13. The molecule has 1 aliphatic heterocycles. The van der Waals surface area contributed by atoms with E-state index in [0.29, 0.717) is 6.10 Å². The van der Waals surface area contributed by atoms with Crippen molar-refractivity contribution in [2.24, 2.45) is 0 Å². The highest BCUT2D eigenvalue weighted by atomic mass is 35.5. The first-order valence-corrected chi connectivity index (χ1v) is 8.34. The van der Waals surface area contributed by atoms with Gasteiger partial charge in [0.15, 0.2) is 0 Å². The molecule has 1 atom stereocenters. The number of nitrogens with one attached hydrogen (secondary N) is 1. The van der Waals surface area contributed by atoms with Crippen LogP contribution in [0.2, 0.25) is 5.02 Å². The predicted molar refractivity (Wildman–Crippen MR) is 88.1 cm³/mol. The van der Waals surface area contributed by atoms with E-state index in [4.69, 9.17) is 16.3 Å². The van der Waals surface area contributed by atoms with Gasteiger partial charge in [-0.2, -0.15) is 0 Å². The van der Waals surface area contributed by atoms with Crippen molar-refractivity contribution in [3.8, 4) is 0 Å². The van der Waals surface area contributed by atoms with Crippen molar-refractivity contribution in [3.05, 3.63) is 22.8 Å². The van der Waals surface area contributed by atoms with Crippen molar-refractivity contribution < 1.29 is 4.74 Å². The summed E-state index contributed by atoms with van der Waals surface area (Å²) in [6.07, 6.45) is 5.54. The topological polar surface area (TPSA) is 37.4 Å². The number of hydrogen-bond acceptors (Lipinski definition) is 4. The quantitative estimate of drug-likeness (QED) is 0.748. The van der Waals surface area contributed by atoms with Crippen molar-refractivity contribution in [3.63, 3.8) is 0 Å². The molecule has 1 aromatic heterocycles. The van der Waals surface area contributed by atoms with Crippen molar-refractivity contribution in [1.82, 2.24) is 10.3 Å². The molecule has 0 aliphatic carbocycles. The van der Waals surface area contributed by atoms with Crippen molar-refractivity contribution in [2.75, 3.05) is 31.1 Å². The van der Waals surface area contributed by atoms with E-state index in [1.165, 1.54) is 6.42 Å². The maximum Gasteiger partial charge on any atom is 0.128 e. The molecule has 4 nitrogen and oxygen atoms in total. The van der Waals surface area contributed by atoms with Crippen LogP contribution < -0.4 is 10.2 Å². The summed E-state index contributed by atoms with van der Waals surface area (Å²) in [4.78, 5) is 6.76. The van der Waals surface area contributed by atoms with Crippen molar-refractivity contribution in [2.45, 2.75) is 45.8 Å². The van der Waals surface area contributed by atoms with E-state index in [9.17, 15) is 0 Å². The Hall–Kier alpha value is -0.840. The minimum absolute atomic E-state index is 0.337. The Kier molecular flexibility index (Phi) is 6.74. The van der Waals surface area contributed by atoms with E-state index in [0.717, 1.165) is 62.0 Å². The van der Waals surface area contributed by atoms with Gasteiger partial charge in [-0.25, -0.2) is 4.98 Å². The molecule has 0 radical (unpaired) electrons. The van der Waals surface area contributed by atoms with Crippen molar-refractivity contribution in [1.29, 1.82) is 0 Å². The predicted octanol–water partition coefficient (Wildman–Crippen LogP) is 3.24. The van der Waals surface area contributed by atoms with Crippen LogP contribution in [0, 0.1) is 0 Å². The van der Waals surface area contributed by atoms with E-state index in [1.54, 1.807) is 6.20 Å². The second kappa shape index (κ2) is 8.57. The molecule has 1 fully saturated rings. The molecule has 5 heteroatoms. The number of rotatable bonds is 8. The lowest BCUT2D eigenvalue weighted by molar-refractivity contribution is 0.115. The molecule has 0 bridgehead atoms. The number of hydrogen-bond donors (Lipinski definition) is 1. The Morgan fingerprint density at radius 2 is 2.33 bits per heavy atom. The summed E-state index contributed by atoms with van der Waals surface area (Å²) in [6.45, 7) is 8.83. The Morgan fingerprint density at radius 1 is 1.48 bits per heavy atom. The molecular weight excluding hydrogens is 286 g/mol. The fourth-order valence-electron chi connectivity index (χ4n) is 2.59. The molecule has 1 N–H and O–H groups in total. The standard InChI is InChI=1S/C16H26ClN3O/c1-3-7-18-10-13-9-16(19-11-15(13)17)20(4-2)12-14-6-5-8-21-14/h9,11,14,18H,3-8,10,12H2,1-2H3. The molecule has 1 saturated heterocycles. The highest BCUT2D eigenvalue weighted by molar-refractivity contribution is 6.31. The van der Waals surface area contributed by atoms with E-state index in [-0.39, 0.29) is 0 Å². The number of nitrogens with zero attached hydrogens (tertiary/aromatic N) is 2. The van der Waals surface area contributed by atoms with Crippen LogP contribution in [-0.2, 0) is 11.3 Å². The summed E-state index contributed by atoms with van der Waals surface area (Å²) in [5.74, 6) is 0.991. The zero-order chi connectivity index (χ0) is 15.1. The van der Waals surface area contributed by atoms with Gasteiger partial charge in [-0.1, -0.05) is 18.5 Å². The van der Waals surface area contributed by atoms with Gasteiger partial charge in [-0.15, -0.1) is 0 Å². The van der Waals surface area contributed by atoms with Crippen LogP contribution >= 0.6 is 11.6 Å². The fourth-order valence-corrected chi connectivity index (χ4v) is 2.76. The first-order valence-electron chi connectivity index (χ1n) is 7.96. The third kappa shape index (κ3) is 4.83. The number of pyridine rings is 1. The Labute approximate surface area is 132 Å². The first-order chi connectivity index (χ1) is 10.2. The number of likely N-dealkylation sites (N-methyl/N-ethyl adjacent to an activating group) is 1. The maximum atomic E-state index is 6.25. The van der Waals surface area contributed by atoms with Gasteiger partial charge in [0.05, 0.1) is 11.1 Å². The molecule has 0 aromatic carbocycles. The van der Waals surface area contributed by atoms with E-state index >= 15 is 0 Å². The highest BCUT2D eigenvalue weighted by Crippen LogP contribution is 2.22. The largest absolute Gasteiger partial charge is 0.376 e. The van der Waals surface area contributed by atoms with Crippen LogP contribution in [0.3, 0.4) is 0 Å². The monoisotopic (exact) mass is 311 g/mol. The van der Waals surface area contributed by atoms with Crippen LogP contribution in [0.5, 0.6) is 0 Å². The minimum atomic E-state index is 0.337. The van der Waals surface area contributed by atoms with E-state index < -0.39 is 0 Å². The number of aromatic nitrogens is 1. The number of anilines is 1. The fraction of sp³-hybridized carbons (Fsp3) is 0.688. The minimum Gasteiger partial charge on any atom is -0.376 e. The second-order valence-corrected chi connectivity index (χ2v) is 5.89. The summed E-state index contributed by atoms with van der Waals surface area (Å²) >= 11 is 6.25. The number of ether oxygens (including phenoxy) is 1. The first kappa shape index (κ1) is 16.5. The summed E-state index contributed by atoms with van der Waals surface area (Å²) in [5.41, 5.74) is 1.11. The van der Waals surface area contributed by atoms with Crippen LogP contribution in [0.4, 0.5) is 5.82 Å². The van der Waals surface area contributed by atoms with Gasteiger partial charge in [0.25, 0.3) is 0 Å². The Bertz CT molecular complexity index is 436. The molecule has 2 heterocycles. The third-order valence-corrected chi connectivity index (χ3v) is 4.16. The summed E-state index contributed by atoms with van der Waals surface area (Å²) in [6, 6.07) is 2.10. The molecule has 118 valence electrons. The molecule has 1 aromatic rings. The van der Waals surface area contributed by atoms with Gasteiger partial charge in [0.2, 0.25) is 0 Å². The van der Waals surface area contributed by atoms with Crippen molar-refractivity contribution >= 4 is 17.4 Å². The molecule has 0 spiro atoms. The SMILES string of the molecule is CCCNCc1cc(N(CC)CC2CCCO2)ncc1Cl. The molecule has 0 saturated carbocycles. The second-order valence-electron chi connectivity index (χ2n) is 5.48. The Balaban J connectivity index is 2.03. The van der Waals surface area contributed by atoms with Crippen LogP contribution in [0.25, 0.3) is 0 Å². The van der Waals surface area contributed by atoms with E-state index in [1.807, 2.05) is 0 Å². The zero-order valence-electron chi connectivity index (χ0n) is 13.1. The third-order valence-electron chi connectivity index (χ3n) is 3.82. The smallest absolute Gasteiger partial charge is 0.128 e. The molecule has 0 amide bonds. The lowest BCUT2D eigenvalue weighted by Gasteiger charge is -2.25. The lowest BCUT2D eigenvalue weighted by atomic mass is 10.2. The highest BCUT2D eigenvalue weighted by Gasteiger charge is 2.19. The van der Waals surface area contributed by atoms with Crippen LogP contribution in [0.15, 0.2) is 12.3 Å². The van der Waals surface area contributed by atoms with Gasteiger partial charge >= 0.3 is 0 Å². The molecule has 21 heavy (non-hydrogen) atoms. The van der Waals surface area contributed by atoms with Gasteiger partial charge in [0, 0.05) is 32.4 Å². The lowest BCUT2D eigenvalue weighted by Crippen LogP contribution is -2.32. The van der Waals surface area contributed by atoms with Crippen LogP contribution in [0.1, 0.15) is 38.7 Å². The maximum absolute atomic E-state index is 6.25. The normalized spacial score (nSPS) is 18.1. The van der Waals surface area contributed by atoms with Crippen LogP contribution in [-0.4, -0.2) is 37.3 Å². The average molecular weight is 312 g/mol. The van der Waals surface area contributed by atoms with Gasteiger partial charge in [0.1, 0.15) is 5.82 Å². The Morgan fingerprint density at radius 3 is 3.00 bits per heavy atom. The zero-order valence-corrected chi connectivity index (χ0v) is 13.8. The molecular formula is C16H26ClN3O. The molecule has 1 aliphatic rings. The average Bonchev–Trinajstić information content (AvgIpc) is 3.00. The van der Waals surface area contributed by atoms with E-state index in [2.05, 4.69) is 35.1 Å². The number of halogens is 1. The molecule has 2 rings (SSSR count). The van der Waals surface area contributed by atoms with Gasteiger partial charge < -0.3 is 15.0 Å². The summed E-state index contributed by atoms with van der Waals surface area (Å²) < 4.78 is 5.73. The molecule has 1 unspecified atom stereocenters. The van der Waals surface area contributed by atoms with Gasteiger partial charge in [-0.3, -0.25) is 0 Å². The summed E-state index contributed by atoms with van der Waals surface area (Å²) in [7, 11) is 0.